The first-order valence-electron chi connectivity index (χ1n) is 9.29. The zero-order valence-electron chi connectivity index (χ0n) is 14.5. The van der Waals surface area contributed by atoms with Crippen LogP contribution in [-0.4, -0.2) is 37.2 Å². The van der Waals surface area contributed by atoms with Crippen LogP contribution < -0.4 is 0 Å². The molecule has 0 radical (unpaired) electrons. The first-order valence-corrected chi connectivity index (χ1v) is 9.29. The molecule has 0 bridgehead atoms. The average molecular weight is 303 g/mol. The van der Waals surface area contributed by atoms with Gasteiger partial charge < -0.3 is 4.74 Å². The SMILES string of the molecule is C=C/C=C1\CCCC2(C)C1CC[C@@H]2CCN1CCO[C@H](C)C1. The summed E-state index contributed by atoms with van der Waals surface area (Å²) >= 11 is 0. The van der Waals surface area contributed by atoms with Gasteiger partial charge >= 0.3 is 0 Å². The lowest BCUT2D eigenvalue weighted by Gasteiger charge is -2.43. The second-order valence-corrected chi connectivity index (χ2v) is 7.93. The van der Waals surface area contributed by atoms with Crippen molar-refractivity contribution in [2.24, 2.45) is 17.3 Å². The molecule has 2 saturated carbocycles. The summed E-state index contributed by atoms with van der Waals surface area (Å²) in [6, 6.07) is 0. The lowest BCUT2D eigenvalue weighted by Crippen LogP contribution is -2.42. The van der Waals surface area contributed by atoms with Crippen LogP contribution in [0.2, 0.25) is 0 Å². The Balaban J connectivity index is 1.60. The van der Waals surface area contributed by atoms with Crippen molar-refractivity contribution >= 4 is 0 Å². The molecule has 1 saturated heterocycles. The molecule has 0 aromatic carbocycles. The van der Waals surface area contributed by atoms with Crippen LogP contribution in [0.5, 0.6) is 0 Å². The summed E-state index contributed by atoms with van der Waals surface area (Å²) in [7, 11) is 0. The van der Waals surface area contributed by atoms with Crippen LogP contribution in [0.15, 0.2) is 24.3 Å². The number of nitrogens with zero attached hydrogens (tertiary/aromatic N) is 1. The molecule has 3 rings (SSSR count). The molecule has 0 spiro atoms. The number of allylic oxidation sites excluding steroid dienone is 3. The summed E-state index contributed by atoms with van der Waals surface area (Å²) in [6.07, 6.45) is 13.0. The molecule has 1 aliphatic heterocycles. The van der Waals surface area contributed by atoms with E-state index in [-0.39, 0.29) is 0 Å². The van der Waals surface area contributed by atoms with Crippen LogP contribution in [0.1, 0.15) is 52.4 Å². The molecule has 0 amide bonds. The minimum absolute atomic E-state index is 0.414. The molecule has 0 aromatic heterocycles. The maximum atomic E-state index is 5.67. The third-order valence-corrected chi connectivity index (χ3v) is 6.61. The van der Waals surface area contributed by atoms with Crippen molar-refractivity contribution in [3.05, 3.63) is 24.3 Å². The second-order valence-electron chi connectivity index (χ2n) is 7.93. The second kappa shape index (κ2) is 6.88. The van der Waals surface area contributed by atoms with E-state index in [0.29, 0.717) is 11.5 Å². The summed E-state index contributed by atoms with van der Waals surface area (Å²) in [4.78, 5) is 2.62. The standard InChI is InChI=1S/C20H33NO/c1-4-6-17-7-5-11-20(3)18(8-9-19(17)20)10-12-21-13-14-22-16(2)15-21/h4,6,16,18-19H,1,5,7-15H2,2-3H3/b17-6+/t16-,18-,19?,20?/m1/s1. The Morgan fingerprint density at radius 1 is 1.41 bits per heavy atom. The number of morpholine rings is 1. The smallest absolute Gasteiger partial charge is 0.0674 e. The van der Waals surface area contributed by atoms with Crippen molar-refractivity contribution in [2.45, 2.75) is 58.5 Å². The van der Waals surface area contributed by atoms with E-state index in [2.05, 4.69) is 31.4 Å². The normalized spacial score (nSPS) is 41.5. The third-order valence-electron chi connectivity index (χ3n) is 6.61. The van der Waals surface area contributed by atoms with Crippen molar-refractivity contribution in [1.29, 1.82) is 0 Å². The van der Waals surface area contributed by atoms with Crippen LogP contribution in [0, 0.1) is 17.3 Å². The lowest BCUT2D eigenvalue weighted by atomic mass is 9.63. The molecular weight excluding hydrogens is 270 g/mol. The van der Waals surface area contributed by atoms with Crippen LogP contribution in [0.25, 0.3) is 0 Å². The Bertz CT molecular complexity index is 429. The van der Waals surface area contributed by atoms with Gasteiger partial charge in [-0.3, -0.25) is 4.90 Å². The van der Waals surface area contributed by atoms with Crippen molar-refractivity contribution in [1.82, 2.24) is 4.90 Å². The molecule has 2 unspecified atom stereocenters. The highest BCUT2D eigenvalue weighted by atomic mass is 16.5. The van der Waals surface area contributed by atoms with Gasteiger partial charge in [-0.15, -0.1) is 0 Å². The molecule has 0 N–H and O–H groups in total. The van der Waals surface area contributed by atoms with Gasteiger partial charge in [-0.05, 0) is 69.2 Å². The van der Waals surface area contributed by atoms with Crippen molar-refractivity contribution in [3.63, 3.8) is 0 Å². The molecule has 124 valence electrons. The van der Waals surface area contributed by atoms with Crippen LogP contribution in [0.4, 0.5) is 0 Å². The van der Waals surface area contributed by atoms with Crippen molar-refractivity contribution in [2.75, 3.05) is 26.2 Å². The van der Waals surface area contributed by atoms with E-state index in [9.17, 15) is 0 Å². The predicted molar refractivity (Wildman–Crippen MR) is 92.9 cm³/mol. The lowest BCUT2D eigenvalue weighted by molar-refractivity contribution is -0.0219. The quantitative estimate of drug-likeness (QED) is 0.762. The topological polar surface area (TPSA) is 12.5 Å². The summed E-state index contributed by atoms with van der Waals surface area (Å²) in [5.74, 6) is 1.73. The fraction of sp³-hybridized carbons (Fsp3) is 0.800. The van der Waals surface area contributed by atoms with E-state index >= 15 is 0 Å². The van der Waals surface area contributed by atoms with Crippen molar-refractivity contribution < 1.29 is 4.74 Å². The maximum absolute atomic E-state index is 5.67. The van der Waals surface area contributed by atoms with Gasteiger partial charge in [0.25, 0.3) is 0 Å². The fourth-order valence-electron chi connectivity index (χ4n) is 5.40. The van der Waals surface area contributed by atoms with E-state index < -0.39 is 0 Å². The molecule has 3 aliphatic rings. The number of rotatable bonds is 4. The van der Waals surface area contributed by atoms with Gasteiger partial charge in [0.1, 0.15) is 0 Å². The number of hydrogen-bond acceptors (Lipinski definition) is 2. The van der Waals surface area contributed by atoms with E-state index in [0.717, 1.165) is 31.5 Å². The Hall–Kier alpha value is -0.600. The maximum Gasteiger partial charge on any atom is 0.0674 e. The first kappa shape index (κ1) is 16.3. The van der Waals surface area contributed by atoms with E-state index in [1.54, 1.807) is 5.57 Å². The Morgan fingerprint density at radius 3 is 3.05 bits per heavy atom. The molecule has 2 aliphatic carbocycles. The van der Waals surface area contributed by atoms with Gasteiger partial charge in [0, 0.05) is 13.1 Å². The zero-order valence-corrected chi connectivity index (χ0v) is 14.5. The Labute approximate surface area is 136 Å². The van der Waals surface area contributed by atoms with Gasteiger partial charge in [-0.25, -0.2) is 0 Å². The van der Waals surface area contributed by atoms with Gasteiger partial charge in [0.15, 0.2) is 0 Å². The van der Waals surface area contributed by atoms with Crippen LogP contribution in [-0.2, 0) is 4.74 Å². The summed E-state index contributed by atoms with van der Waals surface area (Å²) in [6.45, 7) is 13.1. The minimum atomic E-state index is 0.414. The highest BCUT2D eigenvalue weighted by Crippen LogP contribution is 2.58. The molecule has 3 fully saturated rings. The Morgan fingerprint density at radius 2 is 2.27 bits per heavy atom. The molecule has 22 heavy (non-hydrogen) atoms. The van der Waals surface area contributed by atoms with Gasteiger partial charge in [0.05, 0.1) is 12.7 Å². The van der Waals surface area contributed by atoms with Crippen LogP contribution in [0.3, 0.4) is 0 Å². The van der Waals surface area contributed by atoms with Crippen LogP contribution >= 0.6 is 0 Å². The first-order chi connectivity index (χ1) is 10.6. The van der Waals surface area contributed by atoms with E-state index in [4.69, 9.17) is 4.74 Å². The van der Waals surface area contributed by atoms with Gasteiger partial charge in [-0.2, -0.15) is 0 Å². The highest BCUT2D eigenvalue weighted by molar-refractivity contribution is 5.21. The van der Waals surface area contributed by atoms with Crippen molar-refractivity contribution in [3.8, 4) is 0 Å². The highest BCUT2D eigenvalue weighted by Gasteiger charge is 2.48. The minimum Gasteiger partial charge on any atom is -0.376 e. The van der Waals surface area contributed by atoms with E-state index in [1.807, 2.05) is 6.08 Å². The predicted octanol–water partition coefficient (Wildman–Crippen LogP) is 4.43. The average Bonchev–Trinajstić information content (AvgIpc) is 2.83. The Kier molecular flexibility index (Phi) is 5.09. The molecule has 2 nitrogen and oxygen atoms in total. The van der Waals surface area contributed by atoms with E-state index in [1.165, 1.54) is 45.1 Å². The number of hydrogen-bond donors (Lipinski definition) is 0. The monoisotopic (exact) mass is 303 g/mol. The zero-order chi connectivity index (χ0) is 15.6. The number of fused-ring (bicyclic) bond motifs is 1. The largest absolute Gasteiger partial charge is 0.376 e. The molecule has 2 heteroatoms. The summed E-state index contributed by atoms with van der Waals surface area (Å²) < 4.78 is 5.67. The molecule has 1 heterocycles. The third kappa shape index (κ3) is 3.19. The summed E-state index contributed by atoms with van der Waals surface area (Å²) in [5.41, 5.74) is 2.23. The van der Waals surface area contributed by atoms with Gasteiger partial charge in [-0.1, -0.05) is 31.2 Å². The molecule has 4 atom stereocenters. The number of ether oxygens (including phenoxy) is 1. The fourth-order valence-corrected chi connectivity index (χ4v) is 5.40. The molecular formula is C20H33NO. The summed E-state index contributed by atoms with van der Waals surface area (Å²) in [5, 5.41) is 0. The van der Waals surface area contributed by atoms with Gasteiger partial charge in [0.2, 0.25) is 0 Å². The molecule has 0 aromatic rings.